The van der Waals surface area contributed by atoms with E-state index >= 15 is 0 Å². The van der Waals surface area contributed by atoms with E-state index in [1.165, 1.54) is 13.4 Å². The second kappa shape index (κ2) is 11.3. The molecule has 0 fully saturated rings. The predicted molar refractivity (Wildman–Crippen MR) is 116 cm³/mol. The van der Waals surface area contributed by atoms with E-state index in [0.717, 1.165) is 5.56 Å². The number of aromatic nitrogens is 4. The first-order chi connectivity index (χ1) is 15.4. The van der Waals surface area contributed by atoms with Crippen molar-refractivity contribution in [2.75, 3.05) is 39.0 Å². The SMILES string of the molecule is COCC(COP(=O)(O)COCCn1cnc2c(=O)[nH]c(N)nc21)OCc1ccccc1. The molecule has 0 bridgehead atoms. The highest BCUT2D eigenvalue weighted by Gasteiger charge is 2.23. The lowest BCUT2D eigenvalue weighted by molar-refractivity contribution is -0.0366. The van der Waals surface area contributed by atoms with Crippen molar-refractivity contribution in [3.05, 3.63) is 52.6 Å². The third-order valence-corrected chi connectivity index (χ3v) is 5.43. The maximum atomic E-state index is 12.3. The van der Waals surface area contributed by atoms with Gasteiger partial charge in [0.05, 0.1) is 32.8 Å². The molecule has 32 heavy (non-hydrogen) atoms. The Morgan fingerprint density at radius 1 is 1.28 bits per heavy atom. The van der Waals surface area contributed by atoms with Gasteiger partial charge >= 0.3 is 7.60 Å². The zero-order valence-electron chi connectivity index (χ0n) is 17.5. The molecule has 2 aromatic heterocycles. The molecule has 0 amide bonds. The van der Waals surface area contributed by atoms with E-state index in [1.807, 2.05) is 30.3 Å². The Morgan fingerprint density at radius 2 is 2.06 bits per heavy atom. The summed E-state index contributed by atoms with van der Waals surface area (Å²) in [6.45, 7) is 0.718. The van der Waals surface area contributed by atoms with Crippen LogP contribution < -0.4 is 11.3 Å². The molecule has 0 aliphatic rings. The topological polar surface area (TPSA) is 164 Å². The van der Waals surface area contributed by atoms with E-state index in [-0.39, 0.29) is 37.8 Å². The third kappa shape index (κ3) is 6.95. The number of aromatic amines is 1. The molecule has 2 heterocycles. The molecule has 2 unspecified atom stereocenters. The summed E-state index contributed by atoms with van der Waals surface area (Å²) in [4.78, 5) is 32.2. The Bertz CT molecular complexity index is 1100. The number of imidazole rings is 1. The standard InChI is InChI=1S/C19H26N5O7P/c1-28-10-15(30-9-14-5-3-2-4-6-14)11-31-32(26,27)13-29-8-7-24-12-21-16-17(24)22-19(20)23-18(16)25/h2-6,12,15H,7-11,13H2,1H3,(H,26,27)(H3,20,22,23,25). The molecule has 0 aliphatic heterocycles. The Balaban J connectivity index is 1.44. The molecule has 174 valence electrons. The lowest BCUT2D eigenvalue weighted by Gasteiger charge is -2.19. The second-order valence-electron chi connectivity index (χ2n) is 6.91. The van der Waals surface area contributed by atoms with Crippen LogP contribution in [0.3, 0.4) is 0 Å². The van der Waals surface area contributed by atoms with Crippen LogP contribution in [0, 0.1) is 0 Å². The lowest BCUT2D eigenvalue weighted by atomic mass is 10.2. The van der Waals surface area contributed by atoms with Gasteiger partial charge in [-0.05, 0) is 5.56 Å². The molecule has 0 radical (unpaired) electrons. The fourth-order valence-electron chi connectivity index (χ4n) is 2.83. The van der Waals surface area contributed by atoms with E-state index in [4.69, 9.17) is 24.5 Å². The summed E-state index contributed by atoms with van der Waals surface area (Å²) < 4.78 is 35.1. The van der Waals surface area contributed by atoms with Crippen molar-refractivity contribution >= 4 is 24.7 Å². The second-order valence-corrected chi connectivity index (χ2v) is 8.70. The molecule has 1 aromatic carbocycles. The molecular formula is C19H26N5O7P. The van der Waals surface area contributed by atoms with E-state index in [1.54, 1.807) is 4.57 Å². The van der Waals surface area contributed by atoms with Crippen LogP contribution in [0.2, 0.25) is 0 Å². The molecule has 3 aromatic rings. The Morgan fingerprint density at radius 3 is 2.81 bits per heavy atom. The summed E-state index contributed by atoms with van der Waals surface area (Å²) in [5.41, 5.74) is 6.53. The highest BCUT2D eigenvalue weighted by Crippen LogP contribution is 2.41. The molecule has 13 heteroatoms. The summed E-state index contributed by atoms with van der Waals surface area (Å²) in [5, 5.41) is 0. The molecule has 3 rings (SSSR count). The molecule has 4 N–H and O–H groups in total. The minimum Gasteiger partial charge on any atom is -0.382 e. The van der Waals surface area contributed by atoms with Gasteiger partial charge in [0.25, 0.3) is 5.56 Å². The highest BCUT2D eigenvalue weighted by molar-refractivity contribution is 7.52. The van der Waals surface area contributed by atoms with Crippen LogP contribution in [0.1, 0.15) is 5.56 Å². The zero-order chi connectivity index (χ0) is 23.0. The average Bonchev–Trinajstić information content (AvgIpc) is 3.17. The molecule has 12 nitrogen and oxygen atoms in total. The normalized spacial score (nSPS) is 14.4. The number of benzene rings is 1. The molecular weight excluding hydrogens is 441 g/mol. The first kappa shape index (κ1) is 24.1. The van der Waals surface area contributed by atoms with Gasteiger partial charge in [0.15, 0.2) is 11.2 Å². The van der Waals surface area contributed by atoms with Gasteiger partial charge in [0.1, 0.15) is 12.5 Å². The smallest absolute Gasteiger partial charge is 0.353 e. The number of H-pyrrole nitrogens is 1. The van der Waals surface area contributed by atoms with E-state index < -0.39 is 25.6 Å². The van der Waals surface area contributed by atoms with Gasteiger partial charge in [-0.25, -0.2) is 4.98 Å². The van der Waals surface area contributed by atoms with Gasteiger partial charge in [0, 0.05) is 13.7 Å². The van der Waals surface area contributed by atoms with Crippen LogP contribution in [0.4, 0.5) is 5.95 Å². The molecule has 0 saturated heterocycles. The van der Waals surface area contributed by atoms with Gasteiger partial charge in [0.2, 0.25) is 5.95 Å². The monoisotopic (exact) mass is 467 g/mol. The van der Waals surface area contributed by atoms with Crippen molar-refractivity contribution in [2.45, 2.75) is 19.3 Å². The molecule has 0 aliphatic carbocycles. The number of nitrogens with one attached hydrogen (secondary N) is 1. The number of hydrogen-bond donors (Lipinski definition) is 3. The Labute approximate surface area is 183 Å². The maximum absolute atomic E-state index is 12.3. The minimum absolute atomic E-state index is 0.0291. The molecule has 0 saturated carbocycles. The van der Waals surface area contributed by atoms with Gasteiger partial charge in [-0.1, -0.05) is 30.3 Å². The van der Waals surface area contributed by atoms with Crippen molar-refractivity contribution in [1.82, 2.24) is 19.5 Å². The number of ether oxygens (including phenoxy) is 3. The van der Waals surface area contributed by atoms with Gasteiger partial charge in [-0.2, -0.15) is 4.98 Å². The first-order valence-corrected chi connectivity index (χ1v) is 11.5. The number of rotatable bonds is 13. The van der Waals surface area contributed by atoms with E-state index in [2.05, 4.69) is 15.0 Å². The number of nitrogen functional groups attached to an aromatic ring is 1. The minimum atomic E-state index is -4.01. The quantitative estimate of drug-likeness (QED) is 0.245. The van der Waals surface area contributed by atoms with Crippen molar-refractivity contribution < 1.29 is 28.2 Å². The molecule has 0 spiro atoms. The number of hydrogen-bond acceptors (Lipinski definition) is 9. The van der Waals surface area contributed by atoms with Gasteiger partial charge in [-0.15, -0.1) is 0 Å². The number of fused-ring (bicyclic) bond motifs is 1. The Kier molecular flexibility index (Phi) is 8.51. The summed E-state index contributed by atoms with van der Waals surface area (Å²) >= 11 is 0. The van der Waals surface area contributed by atoms with Crippen LogP contribution in [0.25, 0.3) is 11.2 Å². The van der Waals surface area contributed by atoms with Gasteiger partial charge < -0.3 is 33.9 Å². The molecule has 2 atom stereocenters. The van der Waals surface area contributed by atoms with E-state index in [0.29, 0.717) is 12.3 Å². The predicted octanol–water partition coefficient (Wildman–Crippen LogP) is 1.11. The van der Waals surface area contributed by atoms with E-state index in [9.17, 15) is 14.3 Å². The Hall–Kier alpha value is -2.60. The van der Waals surface area contributed by atoms with Crippen LogP contribution >= 0.6 is 7.60 Å². The summed E-state index contributed by atoms with van der Waals surface area (Å²) in [7, 11) is -2.50. The lowest BCUT2D eigenvalue weighted by Crippen LogP contribution is -2.25. The largest absolute Gasteiger partial charge is 0.382 e. The van der Waals surface area contributed by atoms with Crippen molar-refractivity contribution in [3.63, 3.8) is 0 Å². The summed E-state index contributed by atoms with van der Waals surface area (Å²) in [6, 6.07) is 9.53. The summed E-state index contributed by atoms with van der Waals surface area (Å²) in [6.07, 6.45) is 0.394. The maximum Gasteiger partial charge on any atom is 0.353 e. The fourth-order valence-corrected chi connectivity index (χ4v) is 3.67. The average molecular weight is 467 g/mol. The van der Waals surface area contributed by atoms with Crippen LogP contribution in [-0.4, -0.2) is 63.8 Å². The third-order valence-electron chi connectivity index (χ3n) is 4.37. The summed E-state index contributed by atoms with van der Waals surface area (Å²) in [5.74, 6) is -0.0291. The number of nitrogens with two attached hydrogens (primary N) is 1. The van der Waals surface area contributed by atoms with Crippen LogP contribution in [0.15, 0.2) is 41.5 Å². The number of methoxy groups -OCH3 is 1. The van der Waals surface area contributed by atoms with Crippen molar-refractivity contribution in [3.8, 4) is 0 Å². The zero-order valence-corrected chi connectivity index (χ0v) is 18.4. The first-order valence-electron chi connectivity index (χ1n) is 9.77. The number of nitrogens with zero attached hydrogens (tertiary/aromatic N) is 3. The van der Waals surface area contributed by atoms with Crippen LogP contribution in [-0.2, 0) is 36.5 Å². The van der Waals surface area contributed by atoms with Crippen molar-refractivity contribution in [1.29, 1.82) is 0 Å². The fraction of sp³-hybridized carbons (Fsp3) is 0.421. The van der Waals surface area contributed by atoms with Gasteiger partial charge in [-0.3, -0.25) is 14.3 Å². The van der Waals surface area contributed by atoms with Crippen molar-refractivity contribution in [2.24, 2.45) is 0 Å². The van der Waals surface area contributed by atoms with Crippen LogP contribution in [0.5, 0.6) is 0 Å². The number of anilines is 1. The highest BCUT2D eigenvalue weighted by atomic mass is 31.2.